The van der Waals surface area contributed by atoms with E-state index in [9.17, 15) is 4.79 Å². The first-order valence-corrected chi connectivity index (χ1v) is 6.67. The fraction of sp³-hybridized carbons (Fsp3) is 0.400. The second kappa shape index (κ2) is 5.95. The highest BCUT2D eigenvalue weighted by Crippen LogP contribution is 2.18. The van der Waals surface area contributed by atoms with Gasteiger partial charge in [-0.15, -0.1) is 0 Å². The van der Waals surface area contributed by atoms with Crippen LogP contribution in [0.1, 0.15) is 28.3 Å². The van der Waals surface area contributed by atoms with Gasteiger partial charge in [-0.05, 0) is 20.8 Å². The Morgan fingerprint density at radius 2 is 2.05 bits per heavy atom. The monoisotopic (exact) mass is 289 g/mol. The number of aromatic nitrogens is 3. The van der Waals surface area contributed by atoms with Crippen molar-refractivity contribution in [2.75, 3.05) is 7.11 Å². The minimum Gasteiger partial charge on any atom is -0.497 e. The van der Waals surface area contributed by atoms with E-state index in [0.717, 1.165) is 34.1 Å². The molecule has 0 saturated carbocycles. The van der Waals surface area contributed by atoms with E-state index in [0.29, 0.717) is 6.54 Å². The Bertz CT molecular complexity index is 677. The van der Waals surface area contributed by atoms with E-state index in [2.05, 4.69) is 10.1 Å². The summed E-state index contributed by atoms with van der Waals surface area (Å²) in [4.78, 5) is 15.4. The zero-order valence-corrected chi connectivity index (χ0v) is 12.7. The summed E-state index contributed by atoms with van der Waals surface area (Å²) < 4.78 is 7.02. The topological polar surface area (TPSA) is 77.2 Å². The molecule has 0 atom stereocenters. The van der Waals surface area contributed by atoms with Crippen molar-refractivity contribution in [2.45, 2.75) is 33.7 Å². The first-order valence-electron chi connectivity index (χ1n) is 6.67. The van der Waals surface area contributed by atoms with E-state index in [1.54, 1.807) is 11.8 Å². The van der Waals surface area contributed by atoms with Crippen molar-refractivity contribution in [1.29, 1.82) is 0 Å². The van der Waals surface area contributed by atoms with Crippen LogP contribution in [-0.4, -0.2) is 33.0 Å². The van der Waals surface area contributed by atoms with Crippen molar-refractivity contribution >= 4 is 5.97 Å². The predicted octanol–water partition coefficient (Wildman–Crippen LogP) is 1.89. The van der Waals surface area contributed by atoms with E-state index < -0.39 is 5.97 Å². The van der Waals surface area contributed by atoms with Crippen molar-refractivity contribution in [3.05, 3.63) is 40.5 Å². The lowest BCUT2D eigenvalue weighted by atomic mass is 10.1. The molecule has 0 saturated heterocycles. The number of rotatable bonds is 5. The molecule has 0 bridgehead atoms. The molecule has 0 unspecified atom stereocenters. The van der Waals surface area contributed by atoms with Gasteiger partial charge in [0, 0.05) is 29.1 Å². The maximum absolute atomic E-state index is 10.9. The minimum absolute atomic E-state index is 0.0117. The zero-order chi connectivity index (χ0) is 15.6. The van der Waals surface area contributed by atoms with Gasteiger partial charge < -0.3 is 9.84 Å². The number of nitrogens with zero attached hydrogens (tertiary/aromatic N) is 3. The first kappa shape index (κ1) is 15.0. The Hall–Kier alpha value is -2.37. The number of aryl methyl sites for hydroxylation is 2. The average molecular weight is 289 g/mol. The molecule has 6 nitrogen and oxygen atoms in total. The highest BCUT2D eigenvalue weighted by Gasteiger charge is 2.15. The van der Waals surface area contributed by atoms with Gasteiger partial charge in [-0.2, -0.15) is 5.10 Å². The van der Waals surface area contributed by atoms with Crippen molar-refractivity contribution in [3.8, 4) is 5.75 Å². The summed E-state index contributed by atoms with van der Waals surface area (Å²) in [7, 11) is 1.62. The fourth-order valence-electron chi connectivity index (χ4n) is 2.35. The fourth-order valence-corrected chi connectivity index (χ4v) is 2.35. The smallest absolute Gasteiger partial charge is 0.307 e. The van der Waals surface area contributed by atoms with Crippen LogP contribution in [0.15, 0.2) is 12.1 Å². The Balaban J connectivity index is 2.32. The number of pyridine rings is 1. The van der Waals surface area contributed by atoms with Crippen molar-refractivity contribution < 1.29 is 14.6 Å². The van der Waals surface area contributed by atoms with Crippen LogP contribution in [0.3, 0.4) is 0 Å². The van der Waals surface area contributed by atoms with Crippen LogP contribution in [0.5, 0.6) is 5.75 Å². The van der Waals surface area contributed by atoms with Gasteiger partial charge in [-0.3, -0.25) is 14.5 Å². The van der Waals surface area contributed by atoms with Crippen LogP contribution in [0.4, 0.5) is 0 Å². The molecule has 2 rings (SSSR count). The van der Waals surface area contributed by atoms with Crippen molar-refractivity contribution in [2.24, 2.45) is 0 Å². The molecule has 0 amide bonds. The largest absolute Gasteiger partial charge is 0.497 e. The molecule has 0 aliphatic heterocycles. The third-order valence-corrected chi connectivity index (χ3v) is 3.39. The van der Waals surface area contributed by atoms with E-state index in [1.165, 1.54) is 0 Å². The molecule has 21 heavy (non-hydrogen) atoms. The summed E-state index contributed by atoms with van der Waals surface area (Å²) in [5.74, 6) is -0.0964. The summed E-state index contributed by atoms with van der Waals surface area (Å²) >= 11 is 0. The molecular weight excluding hydrogens is 270 g/mol. The van der Waals surface area contributed by atoms with Gasteiger partial charge in [0.05, 0.1) is 31.5 Å². The predicted molar refractivity (Wildman–Crippen MR) is 77.7 cm³/mol. The number of carboxylic acids is 1. The molecule has 0 radical (unpaired) electrons. The molecule has 2 aromatic rings. The van der Waals surface area contributed by atoms with Gasteiger partial charge in [-0.1, -0.05) is 0 Å². The van der Waals surface area contributed by atoms with Gasteiger partial charge >= 0.3 is 5.97 Å². The van der Waals surface area contributed by atoms with E-state index in [4.69, 9.17) is 9.84 Å². The molecule has 0 fully saturated rings. The normalized spacial score (nSPS) is 10.7. The van der Waals surface area contributed by atoms with E-state index in [-0.39, 0.29) is 6.42 Å². The third-order valence-electron chi connectivity index (χ3n) is 3.39. The summed E-state index contributed by atoms with van der Waals surface area (Å²) in [6, 6.07) is 3.72. The molecular formula is C15H19N3O3. The summed E-state index contributed by atoms with van der Waals surface area (Å²) in [6.45, 7) is 6.10. The van der Waals surface area contributed by atoms with Gasteiger partial charge in [0.15, 0.2) is 0 Å². The van der Waals surface area contributed by atoms with Crippen LogP contribution in [0, 0.1) is 20.8 Å². The number of aliphatic carboxylic acids is 1. The average Bonchev–Trinajstić information content (AvgIpc) is 2.65. The van der Waals surface area contributed by atoms with Crippen LogP contribution < -0.4 is 4.74 Å². The molecule has 112 valence electrons. The van der Waals surface area contributed by atoms with Gasteiger partial charge in [-0.25, -0.2) is 0 Å². The summed E-state index contributed by atoms with van der Waals surface area (Å²) in [5, 5.41) is 13.4. The Morgan fingerprint density at radius 3 is 2.67 bits per heavy atom. The van der Waals surface area contributed by atoms with Gasteiger partial charge in [0.2, 0.25) is 0 Å². The Kier molecular flexibility index (Phi) is 4.26. The zero-order valence-electron chi connectivity index (χ0n) is 12.7. The molecule has 0 aromatic carbocycles. The summed E-state index contributed by atoms with van der Waals surface area (Å²) in [6.07, 6.45) is -0.0117. The maximum Gasteiger partial charge on any atom is 0.307 e. The quantitative estimate of drug-likeness (QED) is 0.909. The molecule has 2 aromatic heterocycles. The van der Waals surface area contributed by atoms with Crippen LogP contribution in [0.25, 0.3) is 0 Å². The molecule has 2 heterocycles. The third kappa shape index (κ3) is 3.39. The van der Waals surface area contributed by atoms with Gasteiger partial charge in [0.1, 0.15) is 5.75 Å². The van der Waals surface area contributed by atoms with Crippen LogP contribution in [-0.2, 0) is 17.8 Å². The number of carboxylic acid groups (broad SMARTS) is 1. The highest BCUT2D eigenvalue weighted by molar-refractivity contribution is 5.70. The van der Waals surface area contributed by atoms with Crippen LogP contribution >= 0.6 is 0 Å². The lowest BCUT2D eigenvalue weighted by molar-refractivity contribution is -0.136. The molecule has 1 N–H and O–H groups in total. The number of carbonyl (C=O) groups is 1. The van der Waals surface area contributed by atoms with Crippen LogP contribution in [0.2, 0.25) is 0 Å². The minimum atomic E-state index is -0.851. The lowest BCUT2D eigenvalue weighted by Gasteiger charge is -2.08. The molecule has 6 heteroatoms. The van der Waals surface area contributed by atoms with E-state index in [1.807, 2.05) is 32.9 Å². The van der Waals surface area contributed by atoms with Gasteiger partial charge in [0.25, 0.3) is 0 Å². The second-order valence-electron chi connectivity index (χ2n) is 5.02. The number of hydrogen-bond donors (Lipinski definition) is 1. The SMILES string of the molecule is COc1cc(C)nc(Cn2nc(C)c(CC(=O)O)c2C)c1. The van der Waals surface area contributed by atoms with Crippen molar-refractivity contribution in [3.63, 3.8) is 0 Å². The maximum atomic E-state index is 10.9. The lowest BCUT2D eigenvalue weighted by Crippen LogP contribution is -2.08. The summed E-state index contributed by atoms with van der Waals surface area (Å²) in [5.41, 5.74) is 4.07. The highest BCUT2D eigenvalue weighted by atomic mass is 16.5. The molecule has 0 aliphatic rings. The van der Waals surface area contributed by atoms with Crippen molar-refractivity contribution in [1.82, 2.24) is 14.8 Å². The Morgan fingerprint density at radius 1 is 1.33 bits per heavy atom. The Labute approximate surface area is 123 Å². The second-order valence-corrected chi connectivity index (χ2v) is 5.02. The molecule has 0 aliphatic carbocycles. The number of hydrogen-bond acceptors (Lipinski definition) is 4. The standard InChI is InChI=1S/C15H19N3O3/c1-9-5-13(21-4)6-12(16-9)8-18-11(3)14(7-15(19)20)10(2)17-18/h5-6H,7-8H2,1-4H3,(H,19,20). The first-order chi connectivity index (χ1) is 9.90. The number of methoxy groups -OCH3 is 1. The molecule has 0 spiro atoms. The van der Waals surface area contributed by atoms with E-state index >= 15 is 0 Å². The number of ether oxygens (including phenoxy) is 1.